The molecule has 0 saturated carbocycles. The quantitative estimate of drug-likeness (QED) is 0.442. The SMILES string of the molecule is CC(OO)c1ccc([N+](=O)[O-])cc1. The highest BCUT2D eigenvalue weighted by Gasteiger charge is 2.08. The van der Waals surface area contributed by atoms with Gasteiger partial charge < -0.3 is 0 Å². The number of nitrogens with zero attached hydrogens (tertiary/aromatic N) is 1. The Hall–Kier alpha value is -1.46. The molecule has 0 aliphatic carbocycles. The summed E-state index contributed by atoms with van der Waals surface area (Å²) in [5.74, 6) is 0. The van der Waals surface area contributed by atoms with Crippen LogP contribution in [0.3, 0.4) is 0 Å². The zero-order valence-corrected chi connectivity index (χ0v) is 7.01. The first-order valence-corrected chi connectivity index (χ1v) is 3.69. The van der Waals surface area contributed by atoms with Gasteiger partial charge in [0.05, 0.1) is 4.92 Å². The molecule has 1 aromatic carbocycles. The van der Waals surface area contributed by atoms with Crippen molar-refractivity contribution >= 4 is 5.69 Å². The van der Waals surface area contributed by atoms with Gasteiger partial charge in [0.25, 0.3) is 5.69 Å². The lowest BCUT2D eigenvalue weighted by molar-refractivity contribution is -0.384. The van der Waals surface area contributed by atoms with Gasteiger partial charge in [-0.25, -0.2) is 4.89 Å². The van der Waals surface area contributed by atoms with E-state index < -0.39 is 11.0 Å². The van der Waals surface area contributed by atoms with Crippen LogP contribution in [0.25, 0.3) is 0 Å². The molecule has 0 amide bonds. The van der Waals surface area contributed by atoms with Crippen LogP contribution in [0.1, 0.15) is 18.6 Å². The Kier molecular flexibility index (Phi) is 2.94. The predicted molar refractivity (Wildman–Crippen MR) is 45.2 cm³/mol. The summed E-state index contributed by atoms with van der Waals surface area (Å²) in [6, 6.07) is 5.81. The highest BCUT2D eigenvalue weighted by molar-refractivity contribution is 5.33. The molecule has 0 bridgehead atoms. The molecular formula is C8H9NO4. The summed E-state index contributed by atoms with van der Waals surface area (Å²) in [5, 5.41) is 18.6. The lowest BCUT2D eigenvalue weighted by atomic mass is 10.1. The lowest BCUT2D eigenvalue weighted by Crippen LogP contribution is -1.96. The molecule has 0 aliphatic rings. The van der Waals surface area contributed by atoms with E-state index in [1.54, 1.807) is 19.1 Å². The van der Waals surface area contributed by atoms with Gasteiger partial charge in [0, 0.05) is 12.1 Å². The summed E-state index contributed by atoms with van der Waals surface area (Å²) in [5.41, 5.74) is 0.710. The van der Waals surface area contributed by atoms with Crippen LogP contribution in [0.4, 0.5) is 5.69 Å². The van der Waals surface area contributed by atoms with E-state index in [1.807, 2.05) is 0 Å². The van der Waals surface area contributed by atoms with Gasteiger partial charge in [-0.15, -0.1) is 0 Å². The Morgan fingerprint density at radius 3 is 2.38 bits per heavy atom. The number of hydrogen-bond donors (Lipinski definition) is 1. The van der Waals surface area contributed by atoms with Gasteiger partial charge in [0.1, 0.15) is 6.10 Å². The van der Waals surface area contributed by atoms with Crippen molar-refractivity contribution in [1.82, 2.24) is 0 Å². The van der Waals surface area contributed by atoms with Gasteiger partial charge in [0.15, 0.2) is 0 Å². The fourth-order valence-corrected chi connectivity index (χ4v) is 0.928. The molecule has 1 atom stereocenters. The highest BCUT2D eigenvalue weighted by atomic mass is 17.1. The second kappa shape index (κ2) is 3.97. The Morgan fingerprint density at radius 2 is 2.00 bits per heavy atom. The molecule has 5 heteroatoms. The monoisotopic (exact) mass is 183 g/mol. The van der Waals surface area contributed by atoms with Crippen LogP contribution < -0.4 is 0 Å². The molecule has 0 spiro atoms. The smallest absolute Gasteiger partial charge is 0.258 e. The van der Waals surface area contributed by atoms with E-state index in [2.05, 4.69) is 4.89 Å². The molecule has 1 unspecified atom stereocenters. The Balaban J connectivity index is 2.87. The number of rotatable bonds is 3. The second-order valence-electron chi connectivity index (χ2n) is 2.60. The first-order valence-electron chi connectivity index (χ1n) is 3.69. The van der Waals surface area contributed by atoms with Crippen molar-refractivity contribution < 1.29 is 15.1 Å². The van der Waals surface area contributed by atoms with E-state index in [0.717, 1.165) is 0 Å². The van der Waals surface area contributed by atoms with E-state index in [9.17, 15) is 10.1 Å². The number of benzene rings is 1. The zero-order valence-electron chi connectivity index (χ0n) is 7.01. The molecule has 0 fully saturated rings. The van der Waals surface area contributed by atoms with E-state index in [0.29, 0.717) is 5.56 Å². The summed E-state index contributed by atoms with van der Waals surface area (Å²) >= 11 is 0. The minimum absolute atomic E-state index is 0.0221. The molecule has 70 valence electrons. The molecule has 0 aromatic heterocycles. The normalized spacial score (nSPS) is 12.5. The molecule has 13 heavy (non-hydrogen) atoms. The molecule has 0 saturated heterocycles. The lowest BCUT2D eigenvalue weighted by Gasteiger charge is -2.05. The minimum atomic E-state index is -0.478. The van der Waals surface area contributed by atoms with Crippen molar-refractivity contribution in [3.63, 3.8) is 0 Å². The molecule has 5 nitrogen and oxygen atoms in total. The van der Waals surface area contributed by atoms with Crippen LogP contribution >= 0.6 is 0 Å². The summed E-state index contributed by atoms with van der Waals surface area (Å²) in [4.78, 5) is 13.9. The van der Waals surface area contributed by atoms with E-state index >= 15 is 0 Å². The van der Waals surface area contributed by atoms with E-state index in [4.69, 9.17) is 5.26 Å². The van der Waals surface area contributed by atoms with Gasteiger partial charge in [-0.3, -0.25) is 15.4 Å². The van der Waals surface area contributed by atoms with Crippen LogP contribution in [0.15, 0.2) is 24.3 Å². The summed E-state index contributed by atoms with van der Waals surface area (Å²) < 4.78 is 0. The van der Waals surface area contributed by atoms with E-state index in [-0.39, 0.29) is 5.69 Å². The number of nitro benzene ring substituents is 1. The van der Waals surface area contributed by atoms with Crippen molar-refractivity contribution in [2.45, 2.75) is 13.0 Å². The fourth-order valence-electron chi connectivity index (χ4n) is 0.928. The third-order valence-electron chi connectivity index (χ3n) is 1.73. The van der Waals surface area contributed by atoms with Gasteiger partial charge in [-0.05, 0) is 24.6 Å². The number of nitro groups is 1. The Labute approximate surface area is 74.7 Å². The van der Waals surface area contributed by atoms with Crippen LogP contribution in [-0.2, 0) is 4.89 Å². The van der Waals surface area contributed by atoms with Crippen molar-refractivity contribution in [3.8, 4) is 0 Å². The average molecular weight is 183 g/mol. The maximum absolute atomic E-state index is 10.3. The molecule has 0 aliphatic heterocycles. The Bertz CT molecular complexity index is 296. The predicted octanol–water partition coefficient (Wildman–Crippen LogP) is 2.15. The van der Waals surface area contributed by atoms with Crippen LogP contribution in [0, 0.1) is 10.1 Å². The van der Waals surface area contributed by atoms with Gasteiger partial charge in [-0.2, -0.15) is 0 Å². The molecule has 0 radical (unpaired) electrons. The molecule has 1 aromatic rings. The van der Waals surface area contributed by atoms with Crippen molar-refractivity contribution in [1.29, 1.82) is 0 Å². The van der Waals surface area contributed by atoms with E-state index in [1.165, 1.54) is 12.1 Å². The van der Waals surface area contributed by atoms with Crippen molar-refractivity contribution in [2.24, 2.45) is 0 Å². The molecule has 1 N–H and O–H groups in total. The maximum Gasteiger partial charge on any atom is 0.269 e. The zero-order chi connectivity index (χ0) is 9.84. The fraction of sp³-hybridized carbons (Fsp3) is 0.250. The van der Waals surface area contributed by atoms with Crippen LogP contribution in [0.5, 0.6) is 0 Å². The molecule has 0 heterocycles. The van der Waals surface area contributed by atoms with Gasteiger partial charge in [0.2, 0.25) is 0 Å². The van der Waals surface area contributed by atoms with Crippen LogP contribution in [0.2, 0.25) is 0 Å². The first-order chi connectivity index (χ1) is 6.15. The second-order valence-corrected chi connectivity index (χ2v) is 2.60. The van der Waals surface area contributed by atoms with Crippen molar-refractivity contribution in [2.75, 3.05) is 0 Å². The third-order valence-corrected chi connectivity index (χ3v) is 1.73. The minimum Gasteiger partial charge on any atom is -0.258 e. The number of non-ortho nitro benzene ring substituents is 1. The average Bonchev–Trinajstić information content (AvgIpc) is 2.17. The molecular weight excluding hydrogens is 174 g/mol. The number of hydrogen-bond acceptors (Lipinski definition) is 4. The molecule has 1 rings (SSSR count). The standard InChI is InChI=1S/C8H9NO4/c1-6(13-12)7-2-4-8(5-3-7)9(10)11/h2-6,12H,1H3. The summed E-state index contributed by atoms with van der Waals surface area (Å²) in [6.07, 6.45) is -0.471. The Morgan fingerprint density at radius 1 is 1.46 bits per heavy atom. The summed E-state index contributed by atoms with van der Waals surface area (Å²) in [7, 11) is 0. The van der Waals surface area contributed by atoms with Crippen LogP contribution in [-0.4, -0.2) is 10.2 Å². The largest absolute Gasteiger partial charge is 0.269 e. The first kappa shape index (κ1) is 9.63. The third kappa shape index (κ3) is 2.24. The highest BCUT2D eigenvalue weighted by Crippen LogP contribution is 2.18. The van der Waals surface area contributed by atoms with Gasteiger partial charge >= 0.3 is 0 Å². The summed E-state index contributed by atoms with van der Waals surface area (Å²) in [6.45, 7) is 1.64. The maximum atomic E-state index is 10.3. The topological polar surface area (TPSA) is 72.6 Å². The van der Waals surface area contributed by atoms with Crippen molar-refractivity contribution in [3.05, 3.63) is 39.9 Å². The van der Waals surface area contributed by atoms with Gasteiger partial charge in [-0.1, -0.05) is 0 Å².